The number of nitrogens with zero attached hydrogens (tertiary/aromatic N) is 3. The maximum Gasteiger partial charge on any atom is 0.254 e. The third-order valence-corrected chi connectivity index (χ3v) is 8.47. The van der Waals surface area contributed by atoms with Crippen molar-refractivity contribution in [1.29, 1.82) is 0 Å². The highest BCUT2D eigenvalue weighted by Gasteiger charge is 2.35. The van der Waals surface area contributed by atoms with E-state index in [-0.39, 0.29) is 23.9 Å². The van der Waals surface area contributed by atoms with Gasteiger partial charge in [-0.1, -0.05) is 35.9 Å². The van der Waals surface area contributed by atoms with Crippen LogP contribution in [0.3, 0.4) is 0 Å². The first kappa shape index (κ1) is 24.0. The third-order valence-electron chi connectivity index (χ3n) is 7.22. The van der Waals surface area contributed by atoms with Crippen molar-refractivity contribution >= 4 is 34.8 Å². The number of hydrogen-bond acceptors (Lipinski definition) is 4. The number of carbonyl (C=O) groups excluding carboxylic acids is 2. The van der Waals surface area contributed by atoms with E-state index in [4.69, 9.17) is 11.6 Å². The van der Waals surface area contributed by atoms with Crippen molar-refractivity contribution in [2.45, 2.75) is 32.4 Å². The molecule has 7 heteroatoms. The van der Waals surface area contributed by atoms with Crippen molar-refractivity contribution in [3.8, 4) is 0 Å². The largest absolute Gasteiger partial charge is 0.338 e. The summed E-state index contributed by atoms with van der Waals surface area (Å²) in [6.07, 6.45) is 0.975. The van der Waals surface area contributed by atoms with Gasteiger partial charge in [-0.15, -0.1) is 11.3 Å². The Morgan fingerprint density at radius 3 is 2.51 bits per heavy atom. The van der Waals surface area contributed by atoms with Crippen molar-refractivity contribution in [1.82, 2.24) is 14.7 Å². The third kappa shape index (κ3) is 4.88. The molecule has 3 heterocycles. The standard InChI is InChI=1S/C28H30ClN3O2S/c1-19-5-3-4-6-23(19)27-24-12-16-35-25(24)11-13-31(27)18-26(33)30-14-15-32(20(2)17-30)28(34)21-7-9-22(29)10-8-21/h3-10,12,16,20,27H,11,13-15,17-18H2,1-2H3/t20-,27-/m1/s1. The summed E-state index contributed by atoms with van der Waals surface area (Å²) in [6, 6.07) is 17.8. The second kappa shape index (κ2) is 10.1. The molecule has 5 nitrogen and oxygen atoms in total. The quantitative estimate of drug-likeness (QED) is 0.497. The first-order valence-corrected chi connectivity index (χ1v) is 13.4. The van der Waals surface area contributed by atoms with Gasteiger partial charge in [-0.25, -0.2) is 0 Å². The molecule has 2 aliphatic heterocycles. The first-order valence-electron chi connectivity index (χ1n) is 12.1. The first-order chi connectivity index (χ1) is 16.9. The van der Waals surface area contributed by atoms with E-state index in [9.17, 15) is 9.59 Å². The molecule has 1 saturated heterocycles. The summed E-state index contributed by atoms with van der Waals surface area (Å²) < 4.78 is 0. The molecule has 0 radical (unpaired) electrons. The van der Waals surface area contributed by atoms with Crippen molar-refractivity contribution in [3.63, 3.8) is 0 Å². The zero-order chi connectivity index (χ0) is 24.5. The summed E-state index contributed by atoms with van der Waals surface area (Å²) in [5, 5.41) is 2.78. The molecule has 5 rings (SSSR count). The maximum absolute atomic E-state index is 13.5. The molecule has 0 bridgehead atoms. The van der Waals surface area contributed by atoms with Gasteiger partial charge in [0.1, 0.15) is 0 Å². The van der Waals surface area contributed by atoms with Crippen LogP contribution in [0.15, 0.2) is 60.0 Å². The zero-order valence-corrected chi connectivity index (χ0v) is 21.7. The highest BCUT2D eigenvalue weighted by molar-refractivity contribution is 7.10. The van der Waals surface area contributed by atoms with Crippen LogP contribution in [-0.4, -0.2) is 65.3 Å². The molecular formula is C28H30ClN3O2S. The Morgan fingerprint density at radius 1 is 1.00 bits per heavy atom. The van der Waals surface area contributed by atoms with Crippen molar-refractivity contribution in [2.75, 3.05) is 32.7 Å². The molecular weight excluding hydrogens is 478 g/mol. The topological polar surface area (TPSA) is 43.9 Å². The van der Waals surface area contributed by atoms with E-state index < -0.39 is 0 Å². The lowest BCUT2D eigenvalue weighted by atomic mass is 9.90. The van der Waals surface area contributed by atoms with Crippen LogP contribution in [0.4, 0.5) is 0 Å². The summed E-state index contributed by atoms with van der Waals surface area (Å²) in [4.78, 5) is 34.0. The minimum Gasteiger partial charge on any atom is -0.338 e. The van der Waals surface area contributed by atoms with Crippen LogP contribution in [0.5, 0.6) is 0 Å². The smallest absolute Gasteiger partial charge is 0.254 e. The minimum atomic E-state index is -0.0483. The zero-order valence-electron chi connectivity index (χ0n) is 20.1. The van der Waals surface area contributed by atoms with E-state index in [1.165, 1.54) is 21.6 Å². The molecule has 1 aromatic heterocycles. The lowest BCUT2D eigenvalue weighted by Gasteiger charge is -2.42. The fraction of sp³-hybridized carbons (Fsp3) is 0.357. The molecule has 1 fully saturated rings. The Labute approximate surface area is 215 Å². The van der Waals surface area contributed by atoms with Gasteiger partial charge in [0.05, 0.1) is 12.6 Å². The van der Waals surface area contributed by atoms with Crippen molar-refractivity contribution in [3.05, 3.63) is 92.1 Å². The van der Waals surface area contributed by atoms with E-state index in [0.29, 0.717) is 36.8 Å². The number of thiophene rings is 1. The SMILES string of the molecule is Cc1ccccc1[C@@H]1c2ccsc2CCN1CC(=O)N1CCN(C(=O)c2ccc(Cl)cc2)[C@H](C)C1. The molecule has 35 heavy (non-hydrogen) atoms. The number of piperazine rings is 1. The lowest BCUT2D eigenvalue weighted by Crippen LogP contribution is -2.57. The lowest BCUT2D eigenvalue weighted by molar-refractivity contribution is -0.135. The Morgan fingerprint density at radius 2 is 1.77 bits per heavy atom. The number of rotatable bonds is 4. The van der Waals surface area contributed by atoms with Crippen LogP contribution in [0.25, 0.3) is 0 Å². The molecule has 0 spiro atoms. The van der Waals surface area contributed by atoms with Crippen LogP contribution in [-0.2, 0) is 11.2 Å². The molecule has 0 unspecified atom stereocenters. The molecule has 3 aromatic rings. The Hall–Kier alpha value is -2.67. The predicted octanol–water partition coefficient (Wildman–Crippen LogP) is 5.03. The second-order valence-electron chi connectivity index (χ2n) is 9.47. The number of amides is 2. The van der Waals surface area contributed by atoms with Crippen LogP contribution >= 0.6 is 22.9 Å². The monoisotopic (exact) mass is 507 g/mol. The van der Waals surface area contributed by atoms with Gasteiger partial charge < -0.3 is 9.80 Å². The number of benzene rings is 2. The molecule has 2 atom stereocenters. The second-order valence-corrected chi connectivity index (χ2v) is 10.9. The van der Waals surface area contributed by atoms with Crippen molar-refractivity contribution < 1.29 is 9.59 Å². The predicted molar refractivity (Wildman–Crippen MR) is 141 cm³/mol. The number of aryl methyl sites for hydroxylation is 1. The fourth-order valence-electron chi connectivity index (χ4n) is 5.31. The highest BCUT2D eigenvalue weighted by atomic mass is 35.5. The Kier molecular flexibility index (Phi) is 6.96. The van der Waals surface area contributed by atoms with E-state index in [1.54, 1.807) is 24.3 Å². The van der Waals surface area contributed by atoms with E-state index in [1.807, 2.05) is 28.1 Å². The number of hydrogen-bond donors (Lipinski definition) is 0. The highest BCUT2D eigenvalue weighted by Crippen LogP contribution is 2.38. The summed E-state index contributed by atoms with van der Waals surface area (Å²) in [7, 11) is 0. The molecule has 2 amide bonds. The van der Waals surface area contributed by atoms with Gasteiger partial charge in [-0.2, -0.15) is 0 Å². The van der Waals surface area contributed by atoms with Crippen LogP contribution in [0.1, 0.15) is 44.9 Å². The molecule has 0 aliphatic carbocycles. The molecule has 2 aliphatic rings. The maximum atomic E-state index is 13.5. The van der Waals surface area contributed by atoms with E-state index in [0.717, 1.165) is 13.0 Å². The Bertz CT molecular complexity index is 1220. The summed E-state index contributed by atoms with van der Waals surface area (Å²) in [5.41, 5.74) is 4.47. The minimum absolute atomic E-state index is 0.0121. The average molecular weight is 508 g/mol. The van der Waals surface area contributed by atoms with Crippen molar-refractivity contribution in [2.24, 2.45) is 0 Å². The van der Waals surface area contributed by atoms with Gasteiger partial charge in [-0.3, -0.25) is 14.5 Å². The van der Waals surface area contributed by atoms with Gasteiger partial charge in [0.2, 0.25) is 5.91 Å². The number of halogens is 1. The number of fused-ring (bicyclic) bond motifs is 1. The molecule has 0 N–H and O–H groups in total. The van der Waals surface area contributed by atoms with Gasteiger partial charge >= 0.3 is 0 Å². The van der Waals surface area contributed by atoms with Crippen LogP contribution in [0, 0.1) is 6.92 Å². The van der Waals surface area contributed by atoms with Gasteiger partial charge in [0.25, 0.3) is 5.91 Å². The molecule has 0 saturated carbocycles. The summed E-state index contributed by atoms with van der Waals surface area (Å²) in [5.74, 6) is 0.120. The number of carbonyl (C=O) groups is 2. The normalized spacial score (nSPS) is 20.5. The van der Waals surface area contributed by atoms with E-state index >= 15 is 0 Å². The molecule has 182 valence electrons. The fourth-order valence-corrected chi connectivity index (χ4v) is 6.34. The van der Waals surface area contributed by atoms with Crippen LogP contribution < -0.4 is 0 Å². The van der Waals surface area contributed by atoms with E-state index in [2.05, 4.69) is 47.5 Å². The van der Waals surface area contributed by atoms with Crippen LogP contribution in [0.2, 0.25) is 5.02 Å². The molecule has 2 aromatic carbocycles. The summed E-state index contributed by atoms with van der Waals surface area (Å²) in [6.45, 7) is 7.04. The average Bonchev–Trinajstić information content (AvgIpc) is 3.33. The van der Waals surface area contributed by atoms with Gasteiger partial charge in [-0.05, 0) is 72.7 Å². The summed E-state index contributed by atoms with van der Waals surface area (Å²) >= 11 is 7.79. The Balaban J connectivity index is 1.28. The van der Waals surface area contributed by atoms with Gasteiger partial charge in [0, 0.05) is 47.7 Å². The van der Waals surface area contributed by atoms with Gasteiger partial charge in [0.15, 0.2) is 0 Å².